The summed E-state index contributed by atoms with van der Waals surface area (Å²) in [5.74, 6) is -0.335. The topological polar surface area (TPSA) is 90.0 Å². The highest BCUT2D eigenvalue weighted by Gasteiger charge is 2.36. The number of nitrogens with zero attached hydrogens (tertiary/aromatic N) is 1. The average molecular weight is 460 g/mol. The van der Waals surface area contributed by atoms with Crippen molar-refractivity contribution in [2.75, 3.05) is 18.1 Å². The molecule has 1 fully saturated rings. The van der Waals surface area contributed by atoms with E-state index < -0.39 is 22.4 Å². The maximum atomic E-state index is 12.8. The molecule has 2 aromatic carbocycles. The Hall–Kier alpha value is -2.87. The number of carbonyl (C=O) groups is 2. The maximum absolute atomic E-state index is 12.8. The Morgan fingerprint density at radius 2 is 1.78 bits per heavy atom. The maximum Gasteiger partial charge on any atom is 0.338 e. The van der Waals surface area contributed by atoms with E-state index in [4.69, 9.17) is 9.47 Å². The molecule has 1 amide bonds. The minimum Gasteiger partial charge on any atom is -0.489 e. The number of carbonyl (C=O) groups excluding carboxylic acids is 2. The van der Waals surface area contributed by atoms with Crippen LogP contribution in [0.2, 0.25) is 0 Å². The molecular weight excluding hydrogens is 430 g/mol. The van der Waals surface area contributed by atoms with Crippen molar-refractivity contribution in [3.63, 3.8) is 0 Å². The summed E-state index contributed by atoms with van der Waals surface area (Å²) in [6.45, 7) is 3.80. The number of hydrogen-bond donors (Lipinski definition) is 0. The Kier molecular flexibility index (Phi) is 7.90. The minimum atomic E-state index is -3.13. The lowest BCUT2D eigenvalue weighted by Crippen LogP contribution is -2.48. The van der Waals surface area contributed by atoms with E-state index >= 15 is 0 Å². The second-order valence-corrected chi connectivity index (χ2v) is 10.2. The largest absolute Gasteiger partial charge is 0.489 e. The number of amides is 1. The number of hydrogen-bond acceptors (Lipinski definition) is 6. The predicted molar refractivity (Wildman–Crippen MR) is 121 cm³/mol. The molecule has 0 aliphatic carbocycles. The van der Waals surface area contributed by atoms with Gasteiger partial charge in [-0.15, -0.1) is 0 Å². The van der Waals surface area contributed by atoms with Gasteiger partial charge in [0.1, 0.15) is 12.4 Å². The van der Waals surface area contributed by atoms with Crippen LogP contribution in [0.25, 0.3) is 0 Å². The highest BCUT2D eigenvalue weighted by molar-refractivity contribution is 7.91. The molecule has 0 radical (unpaired) electrons. The average Bonchev–Trinajstić information content (AvgIpc) is 3.16. The van der Waals surface area contributed by atoms with Crippen molar-refractivity contribution in [2.24, 2.45) is 0 Å². The molecule has 3 rings (SSSR count). The van der Waals surface area contributed by atoms with E-state index in [0.29, 0.717) is 30.8 Å². The molecule has 8 heteroatoms. The van der Waals surface area contributed by atoms with Crippen molar-refractivity contribution in [1.29, 1.82) is 0 Å². The normalized spacial score (nSPS) is 18.0. The summed E-state index contributed by atoms with van der Waals surface area (Å²) in [6.07, 6.45) is 1.09. The van der Waals surface area contributed by atoms with Gasteiger partial charge in [-0.05, 0) is 49.6 Å². The second kappa shape index (κ2) is 10.6. The Morgan fingerprint density at radius 1 is 1.09 bits per heavy atom. The monoisotopic (exact) mass is 459 g/mol. The van der Waals surface area contributed by atoms with E-state index in [1.807, 2.05) is 44.2 Å². The zero-order chi connectivity index (χ0) is 23.1. The van der Waals surface area contributed by atoms with Gasteiger partial charge in [0, 0.05) is 12.1 Å². The highest BCUT2D eigenvalue weighted by Crippen LogP contribution is 2.22. The lowest BCUT2D eigenvalue weighted by Gasteiger charge is -2.33. The second-order valence-electron chi connectivity index (χ2n) is 7.99. The first kappa shape index (κ1) is 23.8. The summed E-state index contributed by atoms with van der Waals surface area (Å²) in [5.41, 5.74) is 1.35. The van der Waals surface area contributed by atoms with Crippen LogP contribution in [-0.2, 0) is 26.0 Å². The van der Waals surface area contributed by atoms with Crippen LogP contribution in [0.4, 0.5) is 0 Å². The molecule has 0 bridgehead atoms. The molecule has 172 valence electrons. The van der Waals surface area contributed by atoms with Crippen LogP contribution in [0.1, 0.15) is 42.6 Å². The van der Waals surface area contributed by atoms with Gasteiger partial charge in [-0.2, -0.15) is 0 Å². The van der Waals surface area contributed by atoms with Gasteiger partial charge >= 0.3 is 5.97 Å². The Labute approximate surface area is 189 Å². The standard InChI is InChI=1S/C24H29NO6S/c1-3-18(2)25(21-13-14-32(28,29)17-21)23(26)16-31-24(27)20-9-11-22(12-10-20)30-15-19-7-5-4-6-8-19/h4-12,18,21H,3,13-17H2,1-2H3. The third-order valence-electron chi connectivity index (χ3n) is 5.62. The quantitative estimate of drug-likeness (QED) is 0.535. The van der Waals surface area contributed by atoms with E-state index in [-0.39, 0.29) is 29.5 Å². The molecule has 2 aromatic rings. The summed E-state index contributed by atoms with van der Waals surface area (Å²) >= 11 is 0. The van der Waals surface area contributed by atoms with Crippen LogP contribution in [0.15, 0.2) is 54.6 Å². The van der Waals surface area contributed by atoms with E-state index in [9.17, 15) is 18.0 Å². The molecule has 2 atom stereocenters. The zero-order valence-corrected chi connectivity index (χ0v) is 19.2. The number of rotatable bonds is 9. The molecule has 7 nitrogen and oxygen atoms in total. The summed E-state index contributed by atoms with van der Waals surface area (Å²) in [5, 5.41) is 0. The van der Waals surface area contributed by atoms with Crippen LogP contribution >= 0.6 is 0 Å². The van der Waals surface area contributed by atoms with Crippen molar-refractivity contribution in [1.82, 2.24) is 4.90 Å². The number of ether oxygens (including phenoxy) is 2. The van der Waals surface area contributed by atoms with Crippen LogP contribution in [0, 0.1) is 0 Å². The first-order valence-corrected chi connectivity index (χ1v) is 12.6. The fourth-order valence-corrected chi connectivity index (χ4v) is 5.43. The van der Waals surface area contributed by atoms with Gasteiger partial charge in [-0.1, -0.05) is 37.3 Å². The van der Waals surface area contributed by atoms with E-state index in [1.54, 1.807) is 29.2 Å². The molecule has 0 spiro atoms. The van der Waals surface area contributed by atoms with E-state index in [0.717, 1.165) is 5.56 Å². The van der Waals surface area contributed by atoms with Crippen molar-refractivity contribution >= 4 is 21.7 Å². The summed E-state index contributed by atoms with van der Waals surface area (Å²) < 4.78 is 34.6. The van der Waals surface area contributed by atoms with Crippen LogP contribution < -0.4 is 4.74 Å². The molecule has 32 heavy (non-hydrogen) atoms. The molecule has 1 aliphatic rings. The minimum absolute atomic E-state index is 0.0402. The first-order valence-electron chi connectivity index (χ1n) is 10.7. The third kappa shape index (κ3) is 6.32. The Bertz CT molecular complexity index is 1020. The summed E-state index contributed by atoms with van der Waals surface area (Å²) in [4.78, 5) is 26.7. The van der Waals surface area contributed by atoms with Crippen molar-refractivity contribution in [3.8, 4) is 5.75 Å². The molecule has 0 aromatic heterocycles. The number of sulfone groups is 1. The van der Waals surface area contributed by atoms with Crippen LogP contribution in [0.5, 0.6) is 5.75 Å². The van der Waals surface area contributed by atoms with Crippen LogP contribution in [0.3, 0.4) is 0 Å². The molecule has 0 saturated carbocycles. The molecule has 1 heterocycles. The molecular formula is C24H29NO6S. The predicted octanol–water partition coefficient (Wildman–Crippen LogP) is 3.24. The summed E-state index contributed by atoms with van der Waals surface area (Å²) in [6, 6.07) is 15.8. The number of benzene rings is 2. The van der Waals surface area contributed by atoms with Gasteiger partial charge in [0.05, 0.1) is 17.1 Å². The van der Waals surface area contributed by atoms with Crippen molar-refractivity contribution in [2.45, 2.75) is 45.4 Å². The molecule has 0 N–H and O–H groups in total. The third-order valence-corrected chi connectivity index (χ3v) is 7.37. The highest BCUT2D eigenvalue weighted by atomic mass is 32.2. The van der Waals surface area contributed by atoms with Crippen LogP contribution in [-0.4, -0.2) is 55.4 Å². The molecule has 1 aliphatic heterocycles. The Balaban J connectivity index is 1.54. The SMILES string of the molecule is CCC(C)N(C(=O)COC(=O)c1ccc(OCc2ccccc2)cc1)C1CCS(=O)(=O)C1. The first-order chi connectivity index (χ1) is 15.3. The summed E-state index contributed by atoms with van der Waals surface area (Å²) in [7, 11) is -3.13. The lowest BCUT2D eigenvalue weighted by molar-refractivity contribution is -0.138. The number of esters is 1. The van der Waals surface area contributed by atoms with Crippen molar-refractivity contribution in [3.05, 3.63) is 65.7 Å². The van der Waals surface area contributed by atoms with Gasteiger partial charge < -0.3 is 14.4 Å². The van der Waals surface area contributed by atoms with Crippen molar-refractivity contribution < 1.29 is 27.5 Å². The molecule has 2 unspecified atom stereocenters. The fraction of sp³-hybridized carbons (Fsp3) is 0.417. The zero-order valence-electron chi connectivity index (χ0n) is 18.4. The Morgan fingerprint density at radius 3 is 2.38 bits per heavy atom. The van der Waals surface area contributed by atoms with E-state index in [2.05, 4.69) is 0 Å². The van der Waals surface area contributed by atoms with Gasteiger partial charge in [-0.25, -0.2) is 13.2 Å². The van der Waals surface area contributed by atoms with E-state index in [1.165, 1.54) is 0 Å². The fourth-order valence-electron chi connectivity index (χ4n) is 3.71. The van der Waals surface area contributed by atoms with Gasteiger partial charge in [0.15, 0.2) is 16.4 Å². The van der Waals surface area contributed by atoms with Gasteiger partial charge in [0.2, 0.25) is 0 Å². The van der Waals surface area contributed by atoms with Gasteiger partial charge in [0.25, 0.3) is 5.91 Å². The lowest BCUT2D eigenvalue weighted by atomic mass is 10.1. The van der Waals surface area contributed by atoms with Gasteiger partial charge in [-0.3, -0.25) is 4.79 Å². The smallest absolute Gasteiger partial charge is 0.338 e. The molecule has 1 saturated heterocycles.